The molecule has 5 heteroatoms. The lowest BCUT2D eigenvalue weighted by Crippen LogP contribution is -2.37. The van der Waals surface area contributed by atoms with E-state index >= 15 is 0 Å². The van der Waals surface area contributed by atoms with E-state index in [1.54, 1.807) is 0 Å². The van der Waals surface area contributed by atoms with Crippen molar-refractivity contribution in [3.05, 3.63) is 33.2 Å². The molecule has 2 heterocycles. The van der Waals surface area contributed by atoms with Gasteiger partial charge < -0.3 is 4.98 Å². The van der Waals surface area contributed by atoms with Gasteiger partial charge in [0.25, 0.3) is 0 Å². The van der Waals surface area contributed by atoms with Crippen molar-refractivity contribution < 1.29 is 0 Å². The Balaban J connectivity index is 2.18. The summed E-state index contributed by atoms with van der Waals surface area (Å²) in [6.07, 6.45) is 3.61. The Morgan fingerprint density at radius 2 is 2.22 bits per heavy atom. The van der Waals surface area contributed by atoms with Crippen LogP contribution in [0.1, 0.15) is 25.4 Å². The van der Waals surface area contributed by atoms with Crippen LogP contribution in [0, 0.1) is 0 Å². The van der Waals surface area contributed by atoms with E-state index in [0.29, 0.717) is 0 Å². The Bertz CT molecular complexity index is 631. The van der Waals surface area contributed by atoms with Crippen molar-refractivity contribution in [2.24, 2.45) is 0 Å². The third-order valence-corrected chi connectivity index (χ3v) is 4.20. The zero-order valence-corrected chi connectivity index (χ0v) is 11.9. The first kappa shape index (κ1) is 12.0. The number of fused-ring (bicyclic) bond motifs is 1. The van der Waals surface area contributed by atoms with Crippen LogP contribution in [0.3, 0.4) is 0 Å². The molecule has 0 spiro atoms. The standard InChI is InChI=1S/C13H16BrN3O/c1-16-7-3-2-4-12(16)17-11-8-9(14)5-6-10(11)15-13(17)18/h5-6,8,12H,2-4,7H2,1H3,(H,15,18). The van der Waals surface area contributed by atoms with Gasteiger partial charge in [-0.2, -0.15) is 0 Å². The van der Waals surface area contributed by atoms with Crippen LogP contribution in [-0.4, -0.2) is 28.0 Å². The quantitative estimate of drug-likeness (QED) is 0.880. The average molecular weight is 310 g/mol. The topological polar surface area (TPSA) is 41.0 Å². The molecule has 18 heavy (non-hydrogen) atoms. The zero-order chi connectivity index (χ0) is 12.7. The van der Waals surface area contributed by atoms with Crippen LogP contribution in [0.4, 0.5) is 0 Å². The summed E-state index contributed by atoms with van der Waals surface area (Å²) in [5, 5.41) is 0. The molecule has 1 fully saturated rings. The van der Waals surface area contributed by atoms with Crippen LogP contribution in [0.5, 0.6) is 0 Å². The van der Waals surface area contributed by atoms with Gasteiger partial charge in [0.05, 0.1) is 17.2 Å². The highest BCUT2D eigenvalue weighted by atomic mass is 79.9. The van der Waals surface area contributed by atoms with Gasteiger partial charge in [-0.25, -0.2) is 4.79 Å². The van der Waals surface area contributed by atoms with E-state index in [1.165, 1.54) is 12.8 Å². The first-order valence-electron chi connectivity index (χ1n) is 6.27. The highest BCUT2D eigenvalue weighted by Crippen LogP contribution is 2.27. The van der Waals surface area contributed by atoms with Crippen LogP contribution in [0.15, 0.2) is 27.5 Å². The van der Waals surface area contributed by atoms with E-state index in [4.69, 9.17) is 0 Å². The molecule has 1 aliphatic heterocycles. The van der Waals surface area contributed by atoms with Gasteiger partial charge in [0.2, 0.25) is 0 Å². The predicted octanol–water partition coefficient (Wildman–Crippen LogP) is 2.71. The number of benzene rings is 1. The molecule has 0 saturated carbocycles. The fourth-order valence-electron chi connectivity index (χ4n) is 2.77. The Hall–Kier alpha value is -1.07. The van der Waals surface area contributed by atoms with E-state index in [-0.39, 0.29) is 11.9 Å². The first-order chi connectivity index (χ1) is 8.66. The summed E-state index contributed by atoms with van der Waals surface area (Å²) in [5.41, 5.74) is 1.87. The summed E-state index contributed by atoms with van der Waals surface area (Å²) < 4.78 is 2.89. The molecule has 1 atom stereocenters. The van der Waals surface area contributed by atoms with E-state index in [0.717, 1.165) is 28.5 Å². The van der Waals surface area contributed by atoms with Gasteiger partial charge in [0, 0.05) is 4.47 Å². The Kier molecular flexibility index (Phi) is 3.03. The number of aromatic amines is 1. The SMILES string of the molecule is CN1CCCCC1n1c(=O)[nH]c2ccc(Br)cc21. The van der Waals surface area contributed by atoms with Gasteiger partial charge in [-0.1, -0.05) is 15.9 Å². The van der Waals surface area contributed by atoms with Crippen molar-refractivity contribution >= 4 is 27.0 Å². The first-order valence-corrected chi connectivity index (χ1v) is 7.06. The van der Waals surface area contributed by atoms with Crippen molar-refractivity contribution in [2.75, 3.05) is 13.6 Å². The van der Waals surface area contributed by atoms with Crippen LogP contribution < -0.4 is 5.69 Å². The van der Waals surface area contributed by atoms with Gasteiger partial charge in [0.1, 0.15) is 0 Å². The molecule has 1 aromatic heterocycles. The number of hydrogen-bond donors (Lipinski definition) is 1. The number of imidazole rings is 1. The number of likely N-dealkylation sites (tertiary alicyclic amines) is 1. The van der Waals surface area contributed by atoms with Crippen molar-refractivity contribution in [2.45, 2.75) is 25.4 Å². The average Bonchev–Trinajstić information content (AvgIpc) is 2.66. The largest absolute Gasteiger partial charge is 0.327 e. The summed E-state index contributed by atoms with van der Waals surface area (Å²) in [4.78, 5) is 17.4. The number of hydrogen-bond acceptors (Lipinski definition) is 2. The summed E-state index contributed by atoms with van der Waals surface area (Å²) in [5.74, 6) is 0. The molecule has 1 saturated heterocycles. The van der Waals surface area contributed by atoms with E-state index in [1.807, 2.05) is 22.8 Å². The molecule has 1 N–H and O–H groups in total. The third-order valence-electron chi connectivity index (χ3n) is 3.71. The van der Waals surface area contributed by atoms with Crippen molar-refractivity contribution in [1.82, 2.24) is 14.5 Å². The van der Waals surface area contributed by atoms with Gasteiger partial charge in [-0.05, 0) is 51.1 Å². The summed E-state index contributed by atoms with van der Waals surface area (Å²) in [7, 11) is 2.09. The molecule has 2 aromatic rings. The molecule has 0 aliphatic carbocycles. The second kappa shape index (κ2) is 4.55. The number of H-pyrrole nitrogens is 1. The molecule has 4 nitrogen and oxygen atoms in total. The fraction of sp³-hybridized carbons (Fsp3) is 0.462. The molecule has 96 valence electrons. The lowest BCUT2D eigenvalue weighted by molar-refractivity contribution is 0.128. The van der Waals surface area contributed by atoms with Gasteiger partial charge in [-0.3, -0.25) is 9.47 Å². The Labute approximate surface area is 114 Å². The number of aromatic nitrogens is 2. The van der Waals surface area contributed by atoms with Gasteiger partial charge in [-0.15, -0.1) is 0 Å². The smallest absolute Gasteiger partial charge is 0.305 e. The van der Waals surface area contributed by atoms with Crippen LogP contribution in [0.25, 0.3) is 11.0 Å². The fourth-order valence-corrected chi connectivity index (χ4v) is 3.12. The number of piperidine rings is 1. The molecule has 1 unspecified atom stereocenters. The molecule has 3 rings (SSSR count). The minimum atomic E-state index is -0.0122. The van der Waals surface area contributed by atoms with E-state index in [2.05, 4.69) is 32.9 Å². The van der Waals surface area contributed by atoms with Crippen molar-refractivity contribution in [1.29, 1.82) is 0 Å². The molecular weight excluding hydrogens is 294 g/mol. The maximum atomic E-state index is 12.2. The molecule has 1 aliphatic rings. The molecule has 0 amide bonds. The monoisotopic (exact) mass is 309 g/mol. The number of nitrogens with zero attached hydrogens (tertiary/aromatic N) is 2. The normalized spacial score (nSPS) is 21.6. The summed E-state index contributed by atoms with van der Waals surface area (Å²) >= 11 is 3.47. The highest BCUT2D eigenvalue weighted by Gasteiger charge is 2.23. The second-order valence-corrected chi connectivity index (χ2v) is 5.83. The van der Waals surface area contributed by atoms with Gasteiger partial charge >= 0.3 is 5.69 Å². The maximum Gasteiger partial charge on any atom is 0.327 e. The number of rotatable bonds is 1. The van der Waals surface area contributed by atoms with E-state index in [9.17, 15) is 4.79 Å². The highest BCUT2D eigenvalue weighted by molar-refractivity contribution is 9.10. The molecule has 0 radical (unpaired) electrons. The Morgan fingerprint density at radius 3 is 3.00 bits per heavy atom. The maximum absolute atomic E-state index is 12.2. The lowest BCUT2D eigenvalue weighted by atomic mass is 10.1. The Morgan fingerprint density at radius 1 is 1.39 bits per heavy atom. The number of halogens is 1. The summed E-state index contributed by atoms with van der Waals surface area (Å²) in [6, 6.07) is 5.91. The third kappa shape index (κ3) is 1.91. The van der Waals surface area contributed by atoms with Gasteiger partial charge in [0.15, 0.2) is 0 Å². The molecule has 1 aromatic carbocycles. The number of nitrogens with one attached hydrogen (secondary N) is 1. The predicted molar refractivity (Wildman–Crippen MR) is 75.8 cm³/mol. The van der Waals surface area contributed by atoms with Crippen LogP contribution >= 0.6 is 15.9 Å². The minimum Gasteiger partial charge on any atom is -0.305 e. The zero-order valence-electron chi connectivity index (χ0n) is 10.3. The molecular formula is C13H16BrN3O. The van der Waals surface area contributed by atoms with Crippen molar-refractivity contribution in [3.8, 4) is 0 Å². The van der Waals surface area contributed by atoms with Crippen molar-refractivity contribution in [3.63, 3.8) is 0 Å². The summed E-state index contributed by atoms with van der Waals surface area (Å²) in [6.45, 7) is 1.05. The van der Waals surface area contributed by atoms with Crippen LogP contribution in [0.2, 0.25) is 0 Å². The minimum absolute atomic E-state index is 0.0122. The molecule has 0 bridgehead atoms. The second-order valence-electron chi connectivity index (χ2n) is 4.92. The van der Waals surface area contributed by atoms with E-state index < -0.39 is 0 Å². The van der Waals surface area contributed by atoms with Crippen LogP contribution in [-0.2, 0) is 0 Å². The lowest BCUT2D eigenvalue weighted by Gasteiger charge is -2.33.